The molecule has 11 heteroatoms. The summed E-state index contributed by atoms with van der Waals surface area (Å²) in [5, 5.41) is 34.5. The first kappa shape index (κ1) is 27.2. The Kier molecular flexibility index (Phi) is 7.49. The molecule has 2 aliphatic rings. The van der Waals surface area contributed by atoms with Gasteiger partial charge in [-0.15, -0.1) is 16.4 Å². The first-order valence-electron chi connectivity index (χ1n) is 13.5. The van der Waals surface area contributed by atoms with Crippen LogP contribution >= 0.6 is 0 Å². The number of nitro groups is 3. The summed E-state index contributed by atoms with van der Waals surface area (Å²) in [7, 11) is 1.94. The van der Waals surface area contributed by atoms with E-state index in [-0.39, 0.29) is 17.1 Å². The van der Waals surface area contributed by atoms with E-state index in [4.69, 9.17) is 0 Å². The third-order valence-corrected chi connectivity index (χ3v) is 8.68. The normalized spacial score (nSPS) is 17.9. The van der Waals surface area contributed by atoms with Gasteiger partial charge < -0.3 is 4.28 Å². The van der Waals surface area contributed by atoms with Crippen LogP contribution in [0.2, 0.25) is 0 Å². The summed E-state index contributed by atoms with van der Waals surface area (Å²) in [6, 6.07) is 19.6. The van der Waals surface area contributed by atoms with Crippen molar-refractivity contribution in [2.24, 2.45) is 5.92 Å². The van der Waals surface area contributed by atoms with Crippen molar-refractivity contribution in [3.63, 3.8) is 0 Å². The van der Waals surface area contributed by atoms with Crippen molar-refractivity contribution in [1.82, 2.24) is 0 Å². The van der Waals surface area contributed by atoms with Crippen LogP contribution in [0.1, 0.15) is 44.1 Å². The van der Waals surface area contributed by atoms with E-state index in [9.17, 15) is 30.3 Å². The Balaban J connectivity index is 1.84. The number of non-ortho nitro benzene ring substituents is 3. The molecular weight excluding hydrogens is 513 g/mol. The molecule has 0 unspecified atom stereocenters. The van der Waals surface area contributed by atoms with Gasteiger partial charge in [0.1, 0.15) is 6.61 Å². The van der Waals surface area contributed by atoms with E-state index in [0.717, 1.165) is 54.1 Å². The SMILES string of the molecule is C[O+]1CCC(C2CCCCC2)=C(c2ccc([N+](=O)[O-])cc2)[B-]1(c1ccc([N+](=O)[O-])cc1)c1ccc([N+](=O)[O-])cc1. The first-order chi connectivity index (χ1) is 19.2. The molecule has 3 aromatic carbocycles. The van der Waals surface area contributed by atoms with E-state index in [2.05, 4.69) is 4.28 Å². The average molecular weight is 543 g/mol. The molecule has 1 aliphatic carbocycles. The van der Waals surface area contributed by atoms with E-state index in [1.165, 1.54) is 48.4 Å². The Morgan fingerprint density at radius 1 is 0.675 bits per heavy atom. The minimum atomic E-state index is -2.00. The van der Waals surface area contributed by atoms with Crippen LogP contribution in [0.3, 0.4) is 0 Å². The van der Waals surface area contributed by atoms with Crippen LogP contribution in [0.5, 0.6) is 0 Å². The molecule has 0 amide bonds. The maximum Gasteiger partial charge on any atom is 0.377 e. The van der Waals surface area contributed by atoms with Crippen molar-refractivity contribution in [3.8, 4) is 0 Å². The quantitative estimate of drug-likeness (QED) is 0.164. The zero-order valence-electron chi connectivity index (χ0n) is 22.2. The number of hydrogen-bond acceptors (Lipinski definition) is 6. The van der Waals surface area contributed by atoms with Crippen LogP contribution in [0.15, 0.2) is 78.4 Å². The second-order valence-corrected chi connectivity index (χ2v) is 10.7. The summed E-state index contributed by atoms with van der Waals surface area (Å²) in [5.41, 5.74) is 4.69. The molecule has 1 fully saturated rings. The zero-order chi connectivity index (χ0) is 28.4. The highest BCUT2D eigenvalue weighted by Crippen LogP contribution is 2.45. The van der Waals surface area contributed by atoms with Gasteiger partial charge in [0.2, 0.25) is 0 Å². The van der Waals surface area contributed by atoms with E-state index >= 15 is 0 Å². The topological polar surface area (TPSA) is 132 Å². The second-order valence-electron chi connectivity index (χ2n) is 10.7. The Morgan fingerprint density at radius 3 is 1.52 bits per heavy atom. The van der Waals surface area contributed by atoms with Crippen molar-refractivity contribution in [1.29, 1.82) is 0 Å². The molecule has 0 atom stereocenters. The highest BCUT2D eigenvalue weighted by atomic mass is 16.6. The molecule has 0 bridgehead atoms. The van der Waals surface area contributed by atoms with Crippen molar-refractivity contribution >= 4 is 39.8 Å². The smallest absolute Gasteiger partial charge is 0.377 e. The van der Waals surface area contributed by atoms with Gasteiger partial charge in [-0.3, -0.25) is 30.3 Å². The third-order valence-electron chi connectivity index (χ3n) is 8.68. The summed E-state index contributed by atoms with van der Waals surface area (Å²) in [6.45, 7) is 0.649. The molecule has 1 saturated carbocycles. The largest absolute Gasteiger partial charge is 0.662 e. The number of nitrogens with zero attached hydrogens (tertiary/aromatic N) is 3. The summed E-state index contributed by atoms with van der Waals surface area (Å²) >= 11 is 0. The van der Waals surface area contributed by atoms with Crippen LogP contribution in [0.25, 0.3) is 5.47 Å². The van der Waals surface area contributed by atoms with Gasteiger partial charge in [0, 0.05) is 42.8 Å². The Labute approximate surface area is 231 Å². The van der Waals surface area contributed by atoms with Crippen molar-refractivity contribution < 1.29 is 19.1 Å². The zero-order valence-corrected chi connectivity index (χ0v) is 22.2. The molecule has 40 heavy (non-hydrogen) atoms. The maximum atomic E-state index is 11.5. The molecule has 0 saturated heterocycles. The van der Waals surface area contributed by atoms with E-state index in [1.54, 1.807) is 36.4 Å². The molecule has 0 radical (unpaired) electrons. The predicted octanol–water partition coefficient (Wildman–Crippen LogP) is 5.63. The fraction of sp³-hybridized carbons (Fsp3) is 0.310. The van der Waals surface area contributed by atoms with Crippen molar-refractivity contribution in [2.75, 3.05) is 13.7 Å². The molecule has 1 aliphatic heterocycles. The maximum absolute atomic E-state index is 11.5. The van der Waals surface area contributed by atoms with Gasteiger partial charge >= 0.3 is 6.35 Å². The lowest BCUT2D eigenvalue weighted by molar-refractivity contribution is -0.385. The van der Waals surface area contributed by atoms with Crippen LogP contribution < -0.4 is 10.9 Å². The lowest BCUT2D eigenvalue weighted by atomic mass is 9.25. The third kappa shape index (κ3) is 4.77. The van der Waals surface area contributed by atoms with Gasteiger partial charge in [-0.1, -0.05) is 66.8 Å². The minimum absolute atomic E-state index is 0.0100. The highest BCUT2D eigenvalue weighted by Gasteiger charge is 2.50. The molecule has 3 aromatic rings. The van der Waals surface area contributed by atoms with Crippen LogP contribution in [-0.4, -0.2) is 34.8 Å². The molecule has 0 spiro atoms. The molecule has 1 heterocycles. The lowest BCUT2D eigenvalue weighted by Gasteiger charge is -2.53. The number of rotatable bonds is 7. The highest BCUT2D eigenvalue weighted by molar-refractivity contribution is 7.11. The summed E-state index contributed by atoms with van der Waals surface area (Å²) in [4.78, 5) is 33.2. The van der Waals surface area contributed by atoms with Crippen LogP contribution in [0.4, 0.5) is 17.1 Å². The molecule has 0 aromatic heterocycles. The predicted molar refractivity (Wildman–Crippen MR) is 154 cm³/mol. The summed E-state index contributed by atoms with van der Waals surface area (Å²) in [5.74, 6) is 0.339. The Bertz CT molecular complexity index is 1410. The fourth-order valence-electron chi connectivity index (χ4n) is 6.83. The van der Waals surface area contributed by atoms with Crippen LogP contribution in [-0.2, 0) is 4.28 Å². The minimum Gasteiger partial charge on any atom is -0.662 e. The molecule has 10 nitrogen and oxygen atoms in total. The number of hydrogen-bond donors (Lipinski definition) is 0. The Hall–Kier alpha value is -4.38. The van der Waals surface area contributed by atoms with Gasteiger partial charge in [0.25, 0.3) is 17.1 Å². The monoisotopic (exact) mass is 543 g/mol. The van der Waals surface area contributed by atoms with E-state index < -0.39 is 21.1 Å². The molecular formula is C29H30BN3O7. The second kappa shape index (κ2) is 11.0. The lowest BCUT2D eigenvalue weighted by Crippen LogP contribution is -2.68. The van der Waals surface area contributed by atoms with E-state index in [0.29, 0.717) is 12.5 Å². The summed E-state index contributed by atoms with van der Waals surface area (Å²) < 4.78 is 3.33. The molecule has 206 valence electrons. The number of nitro benzene ring substituents is 3. The van der Waals surface area contributed by atoms with Gasteiger partial charge in [0.15, 0.2) is 0 Å². The molecule has 0 N–H and O–H groups in total. The van der Waals surface area contributed by atoms with Gasteiger partial charge in [-0.25, -0.2) is 0 Å². The number of benzene rings is 3. The van der Waals surface area contributed by atoms with Crippen molar-refractivity contribution in [2.45, 2.75) is 38.5 Å². The Morgan fingerprint density at radius 2 is 1.10 bits per heavy atom. The van der Waals surface area contributed by atoms with Gasteiger partial charge in [-0.2, -0.15) is 0 Å². The van der Waals surface area contributed by atoms with E-state index in [1.807, 2.05) is 7.11 Å². The van der Waals surface area contributed by atoms with Gasteiger partial charge in [-0.05, 0) is 18.8 Å². The molecule has 5 rings (SSSR count). The van der Waals surface area contributed by atoms with Gasteiger partial charge in [0.05, 0.1) is 21.9 Å². The first-order valence-corrected chi connectivity index (χ1v) is 13.5. The standard InChI is InChI=1S/C29H30BN3O7/c1-40-20-19-28(21-5-3-2-4-6-21)29(22-7-13-25(14-8-22)31(34)35)30(40,23-9-15-26(16-10-23)32(36)37)24-11-17-27(18-12-24)33(38)39/h7-18,21H,2-6,19-20H2,1H3. The average Bonchev–Trinajstić information content (AvgIpc) is 2.97. The van der Waals surface area contributed by atoms with Crippen molar-refractivity contribution in [3.05, 3.63) is 114 Å². The summed E-state index contributed by atoms with van der Waals surface area (Å²) in [6.07, 6.45) is 4.32. The van der Waals surface area contributed by atoms with Crippen LogP contribution in [0, 0.1) is 36.3 Å². The fourth-order valence-corrected chi connectivity index (χ4v) is 6.83.